The van der Waals surface area contributed by atoms with E-state index in [-0.39, 0.29) is 0 Å². The molecule has 2 N–H and O–H groups in total. The Hall–Kier alpha value is -1.77. The SMILES string of the molecule is CC1=N/C(=C/NC23CC4CC(CC(C4)C2)C3)C(C)=C1c1ccc[nH]1. The van der Waals surface area contributed by atoms with Crippen molar-refractivity contribution in [2.24, 2.45) is 22.7 Å². The molecular formula is C21H27N3. The minimum atomic E-state index is 0.362. The van der Waals surface area contributed by atoms with E-state index in [4.69, 9.17) is 4.99 Å². The number of hydrogen-bond donors (Lipinski definition) is 2. The van der Waals surface area contributed by atoms with Crippen LogP contribution in [0.25, 0.3) is 5.57 Å². The van der Waals surface area contributed by atoms with E-state index < -0.39 is 0 Å². The number of allylic oxidation sites excluding steroid dienone is 2. The van der Waals surface area contributed by atoms with Gasteiger partial charge in [0, 0.05) is 34.9 Å². The molecule has 126 valence electrons. The highest BCUT2D eigenvalue weighted by Gasteiger charge is 2.50. The first kappa shape index (κ1) is 14.6. The van der Waals surface area contributed by atoms with Gasteiger partial charge >= 0.3 is 0 Å². The van der Waals surface area contributed by atoms with Gasteiger partial charge in [0.25, 0.3) is 0 Å². The van der Waals surface area contributed by atoms with E-state index >= 15 is 0 Å². The van der Waals surface area contributed by atoms with Crippen molar-refractivity contribution in [2.45, 2.75) is 57.9 Å². The number of H-pyrrole nitrogens is 1. The minimum absolute atomic E-state index is 0.362. The molecule has 0 amide bonds. The lowest BCUT2D eigenvalue weighted by Gasteiger charge is -2.57. The van der Waals surface area contributed by atoms with Gasteiger partial charge in [0.2, 0.25) is 0 Å². The van der Waals surface area contributed by atoms with Gasteiger partial charge in [-0.25, -0.2) is 0 Å². The molecule has 4 bridgehead atoms. The number of nitrogens with one attached hydrogen (secondary N) is 2. The fourth-order valence-corrected chi connectivity index (χ4v) is 6.25. The highest BCUT2D eigenvalue weighted by Crippen LogP contribution is 2.55. The summed E-state index contributed by atoms with van der Waals surface area (Å²) < 4.78 is 0. The summed E-state index contributed by atoms with van der Waals surface area (Å²) in [6.07, 6.45) is 12.8. The molecule has 0 aromatic carbocycles. The monoisotopic (exact) mass is 321 g/mol. The van der Waals surface area contributed by atoms with E-state index in [1.54, 1.807) is 0 Å². The number of rotatable bonds is 3. The van der Waals surface area contributed by atoms with Gasteiger partial charge in [-0.1, -0.05) is 0 Å². The lowest BCUT2D eigenvalue weighted by molar-refractivity contribution is -0.0130. The predicted molar refractivity (Wildman–Crippen MR) is 98.6 cm³/mol. The van der Waals surface area contributed by atoms with Gasteiger partial charge in [-0.2, -0.15) is 0 Å². The second-order valence-corrected chi connectivity index (χ2v) is 8.65. The van der Waals surface area contributed by atoms with Gasteiger partial charge in [-0.3, -0.25) is 4.99 Å². The second kappa shape index (κ2) is 5.11. The van der Waals surface area contributed by atoms with E-state index in [9.17, 15) is 0 Å². The Labute approximate surface area is 144 Å². The number of aromatic amines is 1. The van der Waals surface area contributed by atoms with Crippen LogP contribution in [0.15, 0.2) is 40.8 Å². The van der Waals surface area contributed by atoms with E-state index in [0.717, 1.165) is 29.2 Å². The van der Waals surface area contributed by atoms with Crippen molar-refractivity contribution >= 4 is 11.3 Å². The third kappa shape index (κ3) is 2.21. The lowest BCUT2D eigenvalue weighted by atomic mass is 9.53. The van der Waals surface area contributed by atoms with Crippen molar-refractivity contribution in [3.05, 3.63) is 41.5 Å². The van der Waals surface area contributed by atoms with Crippen LogP contribution in [0, 0.1) is 17.8 Å². The topological polar surface area (TPSA) is 40.2 Å². The van der Waals surface area contributed by atoms with E-state index in [0.29, 0.717) is 5.54 Å². The zero-order valence-corrected chi connectivity index (χ0v) is 14.7. The highest BCUT2D eigenvalue weighted by atomic mass is 15.0. The average Bonchev–Trinajstić information content (AvgIpc) is 3.12. The predicted octanol–water partition coefficient (Wildman–Crippen LogP) is 4.66. The largest absolute Gasteiger partial charge is 0.384 e. The Balaban J connectivity index is 1.42. The van der Waals surface area contributed by atoms with Crippen LogP contribution < -0.4 is 5.32 Å². The molecule has 6 rings (SSSR count). The maximum Gasteiger partial charge on any atom is 0.0826 e. The first-order valence-corrected chi connectivity index (χ1v) is 9.50. The summed E-state index contributed by atoms with van der Waals surface area (Å²) in [6.45, 7) is 4.31. The molecule has 1 aromatic heterocycles. The van der Waals surface area contributed by atoms with Gasteiger partial charge in [0.05, 0.1) is 5.70 Å². The summed E-state index contributed by atoms with van der Waals surface area (Å²) >= 11 is 0. The molecule has 0 spiro atoms. The quantitative estimate of drug-likeness (QED) is 0.835. The Bertz CT molecular complexity index is 713. The molecule has 2 heterocycles. The van der Waals surface area contributed by atoms with Crippen molar-refractivity contribution in [3.8, 4) is 0 Å². The summed E-state index contributed by atoms with van der Waals surface area (Å²) in [5.74, 6) is 2.92. The zero-order valence-electron chi connectivity index (χ0n) is 14.7. The molecule has 3 nitrogen and oxygen atoms in total. The first-order valence-electron chi connectivity index (χ1n) is 9.50. The van der Waals surface area contributed by atoms with Crippen molar-refractivity contribution in [3.63, 3.8) is 0 Å². The molecule has 1 aromatic rings. The van der Waals surface area contributed by atoms with Crippen LogP contribution in [0.1, 0.15) is 58.1 Å². The average molecular weight is 321 g/mol. The van der Waals surface area contributed by atoms with Crippen molar-refractivity contribution in [1.29, 1.82) is 0 Å². The fraction of sp³-hybridized carbons (Fsp3) is 0.571. The molecule has 3 heteroatoms. The second-order valence-electron chi connectivity index (χ2n) is 8.65. The molecule has 0 radical (unpaired) electrons. The molecule has 0 saturated heterocycles. The maximum absolute atomic E-state index is 4.85. The van der Waals surface area contributed by atoms with Gasteiger partial charge < -0.3 is 10.3 Å². The van der Waals surface area contributed by atoms with Gasteiger partial charge in [0.1, 0.15) is 0 Å². The van der Waals surface area contributed by atoms with Crippen LogP contribution in [0.4, 0.5) is 0 Å². The first-order chi connectivity index (χ1) is 11.6. The summed E-state index contributed by atoms with van der Waals surface area (Å²) in [7, 11) is 0. The molecule has 0 unspecified atom stereocenters. The molecule has 5 aliphatic rings. The van der Waals surface area contributed by atoms with Crippen molar-refractivity contribution in [2.75, 3.05) is 0 Å². The summed E-state index contributed by atoms with van der Waals surface area (Å²) in [5.41, 5.74) is 6.32. The molecule has 24 heavy (non-hydrogen) atoms. The van der Waals surface area contributed by atoms with Crippen LogP contribution in [-0.4, -0.2) is 16.2 Å². The maximum atomic E-state index is 4.85. The Morgan fingerprint density at radius 3 is 2.38 bits per heavy atom. The van der Waals surface area contributed by atoms with Crippen LogP contribution in [-0.2, 0) is 0 Å². The number of hydrogen-bond acceptors (Lipinski definition) is 2. The lowest BCUT2D eigenvalue weighted by Crippen LogP contribution is -2.57. The van der Waals surface area contributed by atoms with Crippen molar-refractivity contribution in [1.82, 2.24) is 10.3 Å². The van der Waals surface area contributed by atoms with E-state index in [2.05, 4.69) is 42.5 Å². The Kier molecular flexibility index (Phi) is 3.10. The number of aliphatic imine (C=N–C) groups is 1. The molecule has 1 aliphatic heterocycles. The fourth-order valence-electron chi connectivity index (χ4n) is 6.25. The molecule has 4 saturated carbocycles. The molecule has 4 aliphatic carbocycles. The van der Waals surface area contributed by atoms with E-state index in [1.165, 1.54) is 55.4 Å². The van der Waals surface area contributed by atoms with E-state index in [1.807, 2.05) is 6.20 Å². The normalized spacial score (nSPS) is 39.0. The minimum Gasteiger partial charge on any atom is -0.384 e. The highest BCUT2D eigenvalue weighted by molar-refractivity contribution is 6.26. The zero-order chi connectivity index (χ0) is 16.3. The third-order valence-electron chi connectivity index (χ3n) is 6.83. The van der Waals surface area contributed by atoms with Gasteiger partial charge in [0.15, 0.2) is 0 Å². The third-order valence-corrected chi connectivity index (χ3v) is 6.83. The molecule has 4 fully saturated rings. The Morgan fingerprint density at radius 2 is 1.79 bits per heavy atom. The number of nitrogens with zero attached hydrogens (tertiary/aromatic N) is 1. The van der Waals surface area contributed by atoms with Crippen LogP contribution in [0.3, 0.4) is 0 Å². The smallest absolute Gasteiger partial charge is 0.0826 e. The molecular weight excluding hydrogens is 294 g/mol. The van der Waals surface area contributed by atoms with Crippen LogP contribution >= 0.6 is 0 Å². The number of aromatic nitrogens is 1. The summed E-state index contributed by atoms with van der Waals surface area (Å²) in [6, 6.07) is 4.19. The van der Waals surface area contributed by atoms with Crippen LogP contribution in [0.2, 0.25) is 0 Å². The molecule has 0 atom stereocenters. The standard InChI is InChI=1S/C21H27N3/c1-13-19(24-14(2)20(13)18-4-3-5-22-18)12-23-21-9-15-6-16(10-21)8-17(7-15)11-21/h3-5,12,15-17,22-23H,6-11H2,1-2H3/b19-12+. The van der Waals surface area contributed by atoms with Gasteiger partial charge in [-0.05, 0) is 87.8 Å². The van der Waals surface area contributed by atoms with Crippen molar-refractivity contribution < 1.29 is 0 Å². The summed E-state index contributed by atoms with van der Waals surface area (Å²) in [5, 5.41) is 3.87. The van der Waals surface area contributed by atoms with Crippen LogP contribution in [0.5, 0.6) is 0 Å². The Morgan fingerprint density at radius 1 is 1.12 bits per heavy atom. The summed E-state index contributed by atoms with van der Waals surface area (Å²) in [4.78, 5) is 8.17. The van der Waals surface area contributed by atoms with Gasteiger partial charge in [-0.15, -0.1) is 0 Å².